The van der Waals surface area contributed by atoms with Crippen molar-refractivity contribution in [3.63, 3.8) is 0 Å². The summed E-state index contributed by atoms with van der Waals surface area (Å²) in [4.78, 5) is 26.6. The molecule has 2 N–H and O–H groups in total. The monoisotopic (exact) mass is 561 g/mol. The molecule has 0 atom stereocenters. The molecule has 2 aromatic heterocycles. The quantitative estimate of drug-likeness (QED) is 0.235. The van der Waals surface area contributed by atoms with Crippen LogP contribution in [-0.4, -0.2) is 63.8 Å². The highest BCUT2D eigenvalue weighted by molar-refractivity contribution is 5.96. The fourth-order valence-corrected chi connectivity index (χ4v) is 5.59. The standard InChI is InChI=1S/C34H35N5O3/c1-24-21-31(34(35)41)36-39(24)30-12-13-32-29(22-30)14-16-38(32)23-25-4-6-26(7-5-25)27-8-10-28(11-9-27)33(40)3-2-15-37-17-19-42-20-18-37/h4-14,16,21-22H,2-3,15,17-20,23H2,1H3,(H2,35,41). The number of fused-ring (bicyclic) bond motifs is 1. The molecule has 5 aromatic rings. The van der Waals surface area contributed by atoms with Crippen LogP contribution in [0.15, 0.2) is 85.1 Å². The molecule has 3 heterocycles. The van der Waals surface area contributed by atoms with E-state index in [9.17, 15) is 9.59 Å². The SMILES string of the molecule is Cc1cc(C(N)=O)nn1-c1ccc2c(ccn2Cc2ccc(-c3ccc(C(=O)CCCN4CCOCC4)cc3)cc2)c1. The number of hydrogen-bond acceptors (Lipinski definition) is 5. The van der Waals surface area contributed by atoms with Crippen LogP contribution in [0.1, 0.15) is 44.9 Å². The van der Waals surface area contributed by atoms with Crippen LogP contribution < -0.4 is 5.73 Å². The highest BCUT2D eigenvalue weighted by Gasteiger charge is 2.13. The highest BCUT2D eigenvalue weighted by atomic mass is 16.5. The van der Waals surface area contributed by atoms with Crippen LogP contribution >= 0.6 is 0 Å². The summed E-state index contributed by atoms with van der Waals surface area (Å²) < 4.78 is 9.35. The summed E-state index contributed by atoms with van der Waals surface area (Å²) in [5, 5.41) is 5.44. The number of rotatable bonds is 10. The average molecular weight is 562 g/mol. The molecule has 1 aliphatic heterocycles. The third-order valence-electron chi connectivity index (χ3n) is 7.97. The van der Waals surface area contributed by atoms with Gasteiger partial charge in [0, 0.05) is 54.4 Å². The number of carbonyl (C=O) groups excluding carboxylic acids is 2. The first-order chi connectivity index (χ1) is 20.4. The van der Waals surface area contributed by atoms with Crippen LogP contribution in [0.3, 0.4) is 0 Å². The Morgan fingerprint density at radius 1 is 0.905 bits per heavy atom. The van der Waals surface area contributed by atoms with E-state index in [1.165, 1.54) is 5.56 Å². The topological polar surface area (TPSA) is 95.4 Å². The van der Waals surface area contributed by atoms with Gasteiger partial charge in [0.05, 0.1) is 18.9 Å². The Morgan fingerprint density at radius 2 is 1.62 bits per heavy atom. The van der Waals surface area contributed by atoms with Gasteiger partial charge >= 0.3 is 0 Å². The molecule has 0 unspecified atom stereocenters. The predicted molar refractivity (Wildman–Crippen MR) is 164 cm³/mol. The number of primary amides is 1. The molecule has 1 aliphatic rings. The minimum atomic E-state index is -0.534. The zero-order valence-corrected chi connectivity index (χ0v) is 23.8. The normalized spacial score (nSPS) is 13.9. The van der Waals surface area contributed by atoms with Crippen molar-refractivity contribution in [2.75, 3.05) is 32.8 Å². The molecule has 1 amide bonds. The van der Waals surface area contributed by atoms with Crippen molar-refractivity contribution in [1.82, 2.24) is 19.2 Å². The van der Waals surface area contributed by atoms with Crippen LogP contribution in [0.25, 0.3) is 27.7 Å². The number of aryl methyl sites for hydroxylation is 1. The van der Waals surface area contributed by atoms with Gasteiger partial charge in [0.1, 0.15) is 0 Å². The highest BCUT2D eigenvalue weighted by Crippen LogP contribution is 2.24. The van der Waals surface area contributed by atoms with Gasteiger partial charge in [-0.15, -0.1) is 0 Å². The molecule has 6 rings (SSSR count). The number of carbonyl (C=O) groups is 2. The van der Waals surface area contributed by atoms with Gasteiger partial charge in [0.25, 0.3) is 5.91 Å². The van der Waals surface area contributed by atoms with E-state index in [1.807, 2.05) is 37.3 Å². The van der Waals surface area contributed by atoms with Gasteiger partial charge in [-0.3, -0.25) is 14.5 Å². The van der Waals surface area contributed by atoms with Gasteiger partial charge in [0.15, 0.2) is 11.5 Å². The fourth-order valence-electron chi connectivity index (χ4n) is 5.59. The number of nitrogens with two attached hydrogens (primary N) is 1. The van der Waals surface area contributed by atoms with Crippen LogP contribution in [-0.2, 0) is 11.3 Å². The first-order valence-corrected chi connectivity index (χ1v) is 14.4. The van der Waals surface area contributed by atoms with Crippen LogP contribution in [0.2, 0.25) is 0 Å². The summed E-state index contributed by atoms with van der Waals surface area (Å²) in [7, 11) is 0. The minimum Gasteiger partial charge on any atom is -0.379 e. The van der Waals surface area contributed by atoms with E-state index in [-0.39, 0.29) is 11.5 Å². The number of morpholine rings is 1. The number of nitrogens with zero attached hydrogens (tertiary/aromatic N) is 4. The van der Waals surface area contributed by atoms with Gasteiger partial charge in [-0.2, -0.15) is 5.10 Å². The van der Waals surface area contributed by atoms with E-state index >= 15 is 0 Å². The molecule has 1 saturated heterocycles. The van der Waals surface area contributed by atoms with Gasteiger partial charge in [-0.05, 0) is 66.9 Å². The number of hydrogen-bond donors (Lipinski definition) is 1. The van der Waals surface area contributed by atoms with Gasteiger partial charge in [0.2, 0.25) is 0 Å². The number of benzene rings is 3. The van der Waals surface area contributed by atoms with Crippen molar-refractivity contribution < 1.29 is 14.3 Å². The molecule has 0 saturated carbocycles. The molecular weight excluding hydrogens is 526 g/mol. The summed E-state index contributed by atoms with van der Waals surface area (Å²) in [6.45, 7) is 7.08. The van der Waals surface area contributed by atoms with Gasteiger partial charge < -0.3 is 15.0 Å². The summed E-state index contributed by atoms with van der Waals surface area (Å²) in [5.41, 5.74) is 12.7. The Hall–Kier alpha value is -4.53. The Kier molecular flexibility index (Phi) is 7.99. The minimum absolute atomic E-state index is 0.200. The molecule has 8 heteroatoms. The average Bonchev–Trinajstić information content (AvgIpc) is 3.61. The van der Waals surface area contributed by atoms with E-state index in [0.29, 0.717) is 6.42 Å². The molecule has 0 spiro atoms. The maximum atomic E-state index is 12.7. The van der Waals surface area contributed by atoms with E-state index < -0.39 is 5.91 Å². The molecule has 0 bridgehead atoms. The zero-order valence-electron chi connectivity index (χ0n) is 23.8. The van der Waals surface area contributed by atoms with Crippen molar-refractivity contribution in [3.8, 4) is 16.8 Å². The summed E-state index contributed by atoms with van der Waals surface area (Å²) in [6.07, 6.45) is 3.53. The van der Waals surface area contributed by atoms with E-state index in [0.717, 1.165) is 84.8 Å². The lowest BCUT2D eigenvalue weighted by Gasteiger charge is -2.26. The number of amides is 1. The third-order valence-corrected chi connectivity index (χ3v) is 7.97. The van der Waals surface area contributed by atoms with E-state index in [1.54, 1.807) is 10.7 Å². The van der Waals surface area contributed by atoms with Crippen molar-refractivity contribution in [2.24, 2.45) is 5.73 Å². The Morgan fingerprint density at radius 3 is 2.31 bits per heavy atom. The van der Waals surface area contributed by atoms with Gasteiger partial charge in [-0.1, -0.05) is 48.5 Å². The van der Waals surface area contributed by atoms with Crippen molar-refractivity contribution in [2.45, 2.75) is 26.3 Å². The van der Waals surface area contributed by atoms with Crippen molar-refractivity contribution in [1.29, 1.82) is 0 Å². The van der Waals surface area contributed by atoms with Crippen molar-refractivity contribution >= 4 is 22.6 Å². The summed E-state index contributed by atoms with van der Waals surface area (Å²) in [5.74, 6) is -0.334. The lowest BCUT2D eigenvalue weighted by molar-refractivity contribution is 0.0371. The molecule has 214 valence electrons. The smallest absolute Gasteiger partial charge is 0.269 e. The van der Waals surface area contributed by atoms with Crippen LogP contribution in [0, 0.1) is 6.92 Å². The van der Waals surface area contributed by atoms with Gasteiger partial charge in [-0.25, -0.2) is 4.68 Å². The van der Waals surface area contributed by atoms with E-state index in [2.05, 4.69) is 63.2 Å². The molecule has 8 nitrogen and oxygen atoms in total. The molecule has 1 fully saturated rings. The molecule has 3 aromatic carbocycles. The number of ketones is 1. The summed E-state index contributed by atoms with van der Waals surface area (Å²) >= 11 is 0. The second-order valence-corrected chi connectivity index (χ2v) is 10.9. The maximum Gasteiger partial charge on any atom is 0.269 e. The maximum absolute atomic E-state index is 12.7. The molecule has 42 heavy (non-hydrogen) atoms. The number of Topliss-reactive ketones (excluding diaryl/α,β-unsaturated/α-hetero) is 1. The first-order valence-electron chi connectivity index (χ1n) is 14.4. The fraction of sp³-hybridized carbons (Fsp3) is 0.265. The van der Waals surface area contributed by atoms with E-state index in [4.69, 9.17) is 10.5 Å². The third kappa shape index (κ3) is 6.05. The Balaban J connectivity index is 1.08. The van der Waals surface area contributed by atoms with Crippen LogP contribution in [0.4, 0.5) is 0 Å². The van der Waals surface area contributed by atoms with Crippen molar-refractivity contribution in [3.05, 3.63) is 108 Å². The summed E-state index contributed by atoms with van der Waals surface area (Å²) in [6, 6.07) is 26.5. The second kappa shape index (κ2) is 12.1. The Bertz CT molecular complexity index is 1710. The molecule has 0 aliphatic carbocycles. The second-order valence-electron chi connectivity index (χ2n) is 10.9. The predicted octanol–water partition coefficient (Wildman–Crippen LogP) is 5.24. The van der Waals surface area contributed by atoms with Crippen LogP contribution in [0.5, 0.6) is 0 Å². The lowest BCUT2D eigenvalue weighted by atomic mass is 10.00. The first kappa shape index (κ1) is 27.6. The molecule has 0 radical (unpaired) electrons. The zero-order chi connectivity index (χ0) is 29.1. The number of ether oxygens (including phenoxy) is 1. The number of aromatic nitrogens is 3. The molecular formula is C34H35N5O3. The lowest BCUT2D eigenvalue weighted by Crippen LogP contribution is -2.36. The Labute approximate surface area is 245 Å². The largest absolute Gasteiger partial charge is 0.379 e.